The van der Waals surface area contributed by atoms with Gasteiger partial charge in [-0.25, -0.2) is 0 Å². The van der Waals surface area contributed by atoms with Gasteiger partial charge in [0.25, 0.3) is 0 Å². The molecule has 1 aliphatic carbocycles. The Balaban J connectivity index is 2.54. The molecule has 0 bridgehead atoms. The molecule has 0 aromatic heterocycles. The van der Waals surface area contributed by atoms with Crippen molar-refractivity contribution >= 4 is 15.9 Å². The van der Waals surface area contributed by atoms with Gasteiger partial charge in [-0.15, -0.1) is 0 Å². The number of hydrogen-bond acceptors (Lipinski definition) is 0. The van der Waals surface area contributed by atoms with Gasteiger partial charge in [-0.3, -0.25) is 0 Å². The van der Waals surface area contributed by atoms with Crippen LogP contribution in [-0.4, -0.2) is 6.18 Å². The van der Waals surface area contributed by atoms with Crippen LogP contribution in [0.1, 0.15) is 62.1 Å². The van der Waals surface area contributed by atoms with Crippen LogP contribution in [0.3, 0.4) is 0 Å². The van der Waals surface area contributed by atoms with Crippen LogP contribution in [-0.2, 0) is 10.8 Å². The van der Waals surface area contributed by atoms with Gasteiger partial charge in [0.1, 0.15) is 4.83 Å². The second-order valence-corrected chi connectivity index (χ2v) is 7.89. The molecule has 1 atom stereocenters. The highest BCUT2D eigenvalue weighted by atomic mass is 79.9. The molecule has 20 heavy (non-hydrogen) atoms. The van der Waals surface area contributed by atoms with E-state index >= 15 is 0 Å². The summed E-state index contributed by atoms with van der Waals surface area (Å²) in [6.07, 6.45) is -2.21. The Hall–Kier alpha value is -0.510. The van der Waals surface area contributed by atoms with Crippen molar-refractivity contribution < 1.29 is 13.2 Å². The molecule has 0 heterocycles. The number of halogens is 4. The van der Waals surface area contributed by atoms with Crippen molar-refractivity contribution in [3.05, 3.63) is 34.9 Å². The van der Waals surface area contributed by atoms with Crippen LogP contribution in [0.15, 0.2) is 18.2 Å². The lowest BCUT2D eigenvalue weighted by Gasteiger charge is -2.42. The summed E-state index contributed by atoms with van der Waals surface area (Å²) in [6.45, 7) is 8.55. The quantitative estimate of drug-likeness (QED) is 0.543. The molecule has 0 nitrogen and oxygen atoms in total. The summed E-state index contributed by atoms with van der Waals surface area (Å²) in [6, 6.07) is 5.23. The Kier molecular flexibility index (Phi) is 3.77. The summed E-state index contributed by atoms with van der Waals surface area (Å²) >= 11 is 2.78. The molecule has 112 valence electrons. The Morgan fingerprint density at radius 2 is 1.50 bits per heavy atom. The summed E-state index contributed by atoms with van der Waals surface area (Å²) in [4.78, 5) is -1.60. The molecule has 0 radical (unpaired) electrons. The SMILES string of the molecule is CC1(C)CCC(C)(C)c2cc(C(Br)C(F)(F)F)ccc21. The Morgan fingerprint density at radius 3 is 2.00 bits per heavy atom. The first-order chi connectivity index (χ1) is 8.95. The lowest BCUT2D eigenvalue weighted by Crippen LogP contribution is -2.34. The Labute approximate surface area is 126 Å². The minimum Gasteiger partial charge on any atom is -0.169 e. The predicted octanol–water partition coefficient (Wildman–Crippen LogP) is 6.03. The highest BCUT2D eigenvalue weighted by Gasteiger charge is 2.41. The first kappa shape index (κ1) is 15.9. The standard InChI is InChI=1S/C16H20BrF3/c1-14(2)7-8-15(3,4)12-9-10(5-6-11(12)14)13(17)16(18,19)20/h5-6,9,13H,7-8H2,1-4H3. The molecular formula is C16H20BrF3. The summed E-state index contributed by atoms with van der Waals surface area (Å²) < 4.78 is 38.6. The van der Waals surface area contributed by atoms with Crippen molar-refractivity contribution in [2.45, 2.75) is 62.4 Å². The van der Waals surface area contributed by atoms with E-state index in [2.05, 4.69) is 43.6 Å². The van der Waals surface area contributed by atoms with Crippen molar-refractivity contribution in [3.8, 4) is 0 Å². The third kappa shape index (κ3) is 2.76. The number of hydrogen-bond donors (Lipinski definition) is 0. The largest absolute Gasteiger partial charge is 0.405 e. The van der Waals surface area contributed by atoms with Gasteiger partial charge < -0.3 is 0 Å². The van der Waals surface area contributed by atoms with Crippen molar-refractivity contribution in [3.63, 3.8) is 0 Å². The third-order valence-electron chi connectivity index (χ3n) is 4.46. The van der Waals surface area contributed by atoms with E-state index in [4.69, 9.17) is 0 Å². The van der Waals surface area contributed by atoms with Gasteiger partial charge in [0.05, 0.1) is 0 Å². The lowest BCUT2D eigenvalue weighted by molar-refractivity contribution is -0.128. The van der Waals surface area contributed by atoms with Crippen LogP contribution >= 0.6 is 15.9 Å². The van der Waals surface area contributed by atoms with Gasteiger partial charge in [0, 0.05) is 0 Å². The molecule has 0 fully saturated rings. The predicted molar refractivity (Wildman–Crippen MR) is 79.5 cm³/mol. The second-order valence-electron chi connectivity index (χ2n) is 6.98. The maximum Gasteiger partial charge on any atom is 0.405 e. The van der Waals surface area contributed by atoms with Gasteiger partial charge in [0.15, 0.2) is 0 Å². The molecule has 0 aliphatic heterocycles. The van der Waals surface area contributed by atoms with E-state index < -0.39 is 11.0 Å². The summed E-state index contributed by atoms with van der Waals surface area (Å²) in [5.74, 6) is 0. The molecule has 2 rings (SSSR count). The molecule has 0 amide bonds. The van der Waals surface area contributed by atoms with Gasteiger partial charge in [-0.2, -0.15) is 13.2 Å². The minimum atomic E-state index is -4.26. The third-order valence-corrected chi connectivity index (χ3v) is 5.50. The lowest BCUT2D eigenvalue weighted by atomic mass is 9.63. The summed E-state index contributed by atoms with van der Waals surface area (Å²) in [5, 5.41) is 0. The maximum absolute atomic E-state index is 12.9. The van der Waals surface area contributed by atoms with Gasteiger partial charge in [-0.1, -0.05) is 61.8 Å². The van der Waals surface area contributed by atoms with Gasteiger partial charge in [-0.05, 0) is 40.4 Å². The molecular weight excluding hydrogens is 329 g/mol. The van der Waals surface area contributed by atoms with E-state index in [1.165, 1.54) is 5.56 Å². The van der Waals surface area contributed by atoms with Crippen LogP contribution in [0.5, 0.6) is 0 Å². The average Bonchev–Trinajstić information content (AvgIpc) is 2.33. The fraction of sp³-hybridized carbons (Fsp3) is 0.625. The smallest absolute Gasteiger partial charge is 0.169 e. The van der Waals surface area contributed by atoms with Crippen LogP contribution in [0.4, 0.5) is 13.2 Å². The molecule has 0 saturated heterocycles. The molecule has 0 N–H and O–H groups in total. The van der Waals surface area contributed by atoms with Crippen LogP contribution in [0, 0.1) is 0 Å². The minimum absolute atomic E-state index is 0.0312. The van der Waals surface area contributed by atoms with E-state index in [9.17, 15) is 13.2 Å². The fourth-order valence-electron chi connectivity index (χ4n) is 2.95. The van der Waals surface area contributed by atoms with E-state index in [1.807, 2.05) is 6.07 Å². The second kappa shape index (κ2) is 4.75. The highest BCUT2D eigenvalue weighted by Crippen LogP contribution is 2.48. The average molecular weight is 349 g/mol. The first-order valence-electron chi connectivity index (χ1n) is 6.81. The van der Waals surface area contributed by atoms with Gasteiger partial charge >= 0.3 is 6.18 Å². The van der Waals surface area contributed by atoms with Crippen molar-refractivity contribution in [2.75, 3.05) is 0 Å². The first-order valence-corrected chi connectivity index (χ1v) is 7.72. The normalized spacial score (nSPS) is 22.2. The molecule has 4 heteroatoms. The molecule has 1 unspecified atom stereocenters. The van der Waals surface area contributed by atoms with E-state index in [1.54, 1.807) is 12.1 Å². The van der Waals surface area contributed by atoms with E-state index in [-0.39, 0.29) is 10.8 Å². The topological polar surface area (TPSA) is 0 Å². The van der Waals surface area contributed by atoms with Gasteiger partial charge in [0.2, 0.25) is 0 Å². The van der Waals surface area contributed by atoms with Crippen LogP contribution in [0.25, 0.3) is 0 Å². The monoisotopic (exact) mass is 348 g/mol. The maximum atomic E-state index is 12.9. The number of alkyl halides is 4. The Bertz CT molecular complexity index is 515. The molecule has 1 aromatic carbocycles. The fourth-order valence-corrected chi connectivity index (χ4v) is 3.24. The Morgan fingerprint density at radius 1 is 1.00 bits per heavy atom. The highest BCUT2D eigenvalue weighted by molar-refractivity contribution is 9.09. The zero-order chi connectivity index (χ0) is 15.3. The number of rotatable bonds is 1. The van der Waals surface area contributed by atoms with Crippen molar-refractivity contribution in [1.29, 1.82) is 0 Å². The molecule has 0 spiro atoms. The number of fused-ring (bicyclic) bond motifs is 1. The molecule has 1 aromatic rings. The summed E-state index contributed by atoms with van der Waals surface area (Å²) in [7, 11) is 0. The van der Waals surface area contributed by atoms with E-state index in [0.717, 1.165) is 18.4 Å². The zero-order valence-corrected chi connectivity index (χ0v) is 13.8. The van der Waals surface area contributed by atoms with Crippen molar-refractivity contribution in [1.82, 2.24) is 0 Å². The molecule has 0 saturated carbocycles. The van der Waals surface area contributed by atoms with Crippen LogP contribution in [0.2, 0.25) is 0 Å². The zero-order valence-electron chi connectivity index (χ0n) is 12.2. The number of benzene rings is 1. The van der Waals surface area contributed by atoms with Crippen LogP contribution < -0.4 is 0 Å². The molecule has 1 aliphatic rings. The summed E-state index contributed by atoms with van der Waals surface area (Å²) in [5.41, 5.74) is 2.49. The van der Waals surface area contributed by atoms with E-state index in [0.29, 0.717) is 5.56 Å². The van der Waals surface area contributed by atoms with Crippen molar-refractivity contribution in [2.24, 2.45) is 0 Å².